The first-order chi connectivity index (χ1) is 15.0. The second-order valence-electron chi connectivity index (χ2n) is 7.29. The Bertz CT molecular complexity index is 1200. The Balaban J connectivity index is 1.39. The van der Waals surface area contributed by atoms with E-state index in [0.29, 0.717) is 36.2 Å². The minimum atomic E-state index is -1.25. The van der Waals surface area contributed by atoms with Crippen LogP contribution in [0.1, 0.15) is 18.4 Å². The van der Waals surface area contributed by atoms with Gasteiger partial charge in [0, 0.05) is 4.47 Å². The van der Waals surface area contributed by atoms with Gasteiger partial charge < -0.3 is 19.2 Å². The minimum Gasteiger partial charge on any atom is -0.486 e. The molecule has 1 fully saturated rings. The van der Waals surface area contributed by atoms with Crippen molar-refractivity contribution in [3.05, 3.63) is 58.4 Å². The normalized spacial score (nSPS) is 20.1. The molecule has 1 aromatic heterocycles. The number of fused-ring (bicyclic) bond motifs is 1. The van der Waals surface area contributed by atoms with Gasteiger partial charge in [0.1, 0.15) is 25.3 Å². The number of imide groups is 1. The monoisotopic (exact) mass is 484 g/mol. The summed E-state index contributed by atoms with van der Waals surface area (Å²) in [6.45, 7) is 2.41. The predicted octanol–water partition coefficient (Wildman–Crippen LogP) is 3.24. The summed E-state index contributed by atoms with van der Waals surface area (Å²) in [5, 5.41) is 10.8. The van der Waals surface area contributed by atoms with Gasteiger partial charge in [-0.1, -0.05) is 18.2 Å². The lowest BCUT2D eigenvalue weighted by atomic mass is 9.91. The molecule has 2 aromatic carbocycles. The summed E-state index contributed by atoms with van der Waals surface area (Å²) >= 11 is 3.44. The van der Waals surface area contributed by atoms with Crippen LogP contribution in [0.4, 0.5) is 4.79 Å². The Labute approximate surface area is 185 Å². The van der Waals surface area contributed by atoms with Crippen molar-refractivity contribution < 1.29 is 23.5 Å². The van der Waals surface area contributed by atoms with Crippen LogP contribution in [0.3, 0.4) is 0 Å². The average molecular weight is 485 g/mol. The first kappa shape index (κ1) is 19.6. The minimum absolute atomic E-state index is 0.137. The summed E-state index contributed by atoms with van der Waals surface area (Å²) in [5.41, 5.74) is 0.0645. The van der Waals surface area contributed by atoms with Crippen LogP contribution < -0.4 is 14.8 Å². The van der Waals surface area contributed by atoms with Crippen molar-refractivity contribution in [2.24, 2.45) is 0 Å². The molecule has 1 saturated heterocycles. The number of hydrogen-bond donors (Lipinski definition) is 1. The third kappa shape index (κ3) is 3.32. The molecule has 1 N–H and O–H groups in total. The molecule has 0 aliphatic carbocycles. The lowest BCUT2D eigenvalue weighted by Gasteiger charge is -2.25. The van der Waals surface area contributed by atoms with Crippen LogP contribution in [-0.4, -0.2) is 40.2 Å². The molecule has 1 atom stereocenters. The van der Waals surface area contributed by atoms with Crippen LogP contribution in [-0.2, 0) is 16.9 Å². The van der Waals surface area contributed by atoms with Crippen LogP contribution >= 0.6 is 15.9 Å². The number of nitrogens with zero attached hydrogens (tertiary/aromatic N) is 3. The molecule has 158 valence electrons. The van der Waals surface area contributed by atoms with Crippen molar-refractivity contribution >= 4 is 27.9 Å². The van der Waals surface area contributed by atoms with Crippen LogP contribution in [0.15, 0.2) is 51.4 Å². The van der Waals surface area contributed by atoms with Crippen LogP contribution in [0.5, 0.6) is 11.5 Å². The molecule has 0 unspecified atom stereocenters. The Morgan fingerprint density at radius 2 is 1.87 bits per heavy atom. The Kier molecular flexibility index (Phi) is 4.66. The van der Waals surface area contributed by atoms with E-state index in [2.05, 4.69) is 31.4 Å². The molecular weight excluding hydrogens is 468 g/mol. The van der Waals surface area contributed by atoms with Gasteiger partial charge in [0.2, 0.25) is 11.8 Å². The molecule has 0 radical (unpaired) electrons. The highest BCUT2D eigenvalue weighted by molar-refractivity contribution is 9.10. The smallest absolute Gasteiger partial charge is 0.325 e. The molecular formula is C21H17BrN4O5. The van der Waals surface area contributed by atoms with E-state index in [0.717, 1.165) is 14.9 Å². The number of ether oxygens (including phenoxy) is 2. The largest absolute Gasteiger partial charge is 0.486 e. The molecule has 0 saturated carbocycles. The standard InChI is InChI=1S/C21H17BrN4O5/c1-21(12-6-7-15-16(10-12)30-9-8-29-15)19(27)26(20(28)23-21)11-17-24-25-18(31-17)13-4-2-3-5-14(13)22/h2-7,10H,8-9,11H2,1H3,(H,23,28)/t21-/m1/s1. The second-order valence-corrected chi connectivity index (χ2v) is 8.14. The highest BCUT2D eigenvalue weighted by Crippen LogP contribution is 2.37. The number of halogens is 1. The van der Waals surface area contributed by atoms with E-state index in [1.807, 2.05) is 24.3 Å². The van der Waals surface area contributed by atoms with Crippen LogP contribution in [0, 0.1) is 0 Å². The molecule has 10 heteroatoms. The van der Waals surface area contributed by atoms with E-state index in [4.69, 9.17) is 13.9 Å². The summed E-state index contributed by atoms with van der Waals surface area (Å²) in [6.07, 6.45) is 0. The quantitative estimate of drug-likeness (QED) is 0.566. The van der Waals surface area contributed by atoms with Gasteiger partial charge in [-0.15, -0.1) is 10.2 Å². The van der Waals surface area contributed by atoms with E-state index < -0.39 is 17.5 Å². The van der Waals surface area contributed by atoms with Crippen LogP contribution in [0.2, 0.25) is 0 Å². The summed E-state index contributed by atoms with van der Waals surface area (Å²) in [6, 6.07) is 12.1. The van der Waals surface area contributed by atoms with E-state index >= 15 is 0 Å². The number of nitrogens with one attached hydrogen (secondary N) is 1. The van der Waals surface area contributed by atoms with Gasteiger partial charge in [0.15, 0.2) is 11.5 Å². The number of benzene rings is 2. The van der Waals surface area contributed by atoms with Crippen molar-refractivity contribution in [1.82, 2.24) is 20.4 Å². The second kappa shape index (κ2) is 7.38. The number of amides is 3. The predicted molar refractivity (Wildman–Crippen MR) is 111 cm³/mol. The Hall–Kier alpha value is -3.40. The summed E-state index contributed by atoms with van der Waals surface area (Å²) in [7, 11) is 0. The van der Waals surface area contributed by atoms with Gasteiger partial charge in [-0.3, -0.25) is 9.69 Å². The molecule has 3 heterocycles. The van der Waals surface area contributed by atoms with Gasteiger partial charge in [0.25, 0.3) is 5.91 Å². The molecule has 0 bridgehead atoms. The highest BCUT2D eigenvalue weighted by atomic mass is 79.9. The SMILES string of the molecule is C[C@]1(c2ccc3c(c2)OCCO3)NC(=O)N(Cc2nnc(-c3ccccc3Br)o2)C1=O. The van der Waals surface area contributed by atoms with Crippen molar-refractivity contribution in [2.75, 3.05) is 13.2 Å². The lowest BCUT2D eigenvalue weighted by molar-refractivity contribution is -0.131. The molecule has 3 aromatic rings. The topological polar surface area (TPSA) is 107 Å². The summed E-state index contributed by atoms with van der Waals surface area (Å²) in [5.74, 6) is 1.18. The lowest BCUT2D eigenvalue weighted by Crippen LogP contribution is -2.41. The fourth-order valence-electron chi connectivity index (χ4n) is 3.59. The fourth-order valence-corrected chi connectivity index (χ4v) is 4.04. The van der Waals surface area contributed by atoms with Crippen LogP contribution in [0.25, 0.3) is 11.5 Å². The maximum Gasteiger partial charge on any atom is 0.325 e. The maximum atomic E-state index is 13.2. The van der Waals surface area contributed by atoms with E-state index in [9.17, 15) is 9.59 Å². The molecule has 5 rings (SSSR count). The van der Waals surface area contributed by atoms with E-state index in [1.54, 1.807) is 25.1 Å². The third-order valence-electron chi connectivity index (χ3n) is 5.26. The first-order valence-electron chi connectivity index (χ1n) is 9.57. The average Bonchev–Trinajstić information content (AvgIpc) is 3.33. The van der Waals surface area contributed by atoms with Crippen molar-refractivity contribution in [3.63, 3.8) is 0 Å². The van der Waals surface area contributed by atoms with Gasteiger partial charge >= 0.3 is 6.03 Å². The molecule has 31 heavy (non-hydrogen) atoms. The maximum absolute atomic E-state index is 13.2. The zero-order valence-corrected chi connectivity index (χ0v) is 18.0. The fraction of sp³-hybridized carbons (Fsp3) is 0.238. The number of urea groups is 1. The molecule has 2 aliphatic rings. The Morgan fingerprint density at radius 3 is 2.68 bits per heavy atom. The van der Waals surface area contributed by atoms with Crippen molar-refractivity contribution in [2.45, 2.75) is 19.0 Å². The van der Waals surface area contributed by atoms with Gasteiger partial charge in [0.05, 0.1) is 5.56 Å². The number of aromatic nitrogens is 2. The molecule has 9 nitrogen and oxygen atoms in total. The highest BCUT2D eigenvalue weighted by Gasteiger charge is 2.49. The van der Waals surface area contributed by atoms with Crippen molar-refractivity contribution in [3.8, 4) is 23.0 Å². The number of rotatable bonds is 4. The summed E-state index contributed by atoms with van der Waals surface area (Å²) in [4.78, 5) is 26.9. The zero-order chi connectivity index (χ0) is 21.6. The number of hydrogen-bond acceptors (Lipinski definition) is 7. The first-order valence-corrected chi connectivity index (χ1v) is 10.4. The number of carbonyl (C=O) groups is 2. The van der Waals surface area contributed by atoms with Crippen molar-refractivity contribution in [1.29, 1.82) is 0 Å². The van der Waals surface area contributed by atoms with E-state index in [1.165, 1.54) is 0 Å². The van der Waals surface area contributed by atoms with E-state index in [-0.39, 0.29) is 12.4 Å². The van der Waals surface area contributed by atoms with Gasteiger partial charge in [-0.2, -0.15) is 0 Å². The number of carbonyl (C=O) groups excluding carboxylic acids is 2. The van der Waals surface area contributed by atoms with Gasteiger partial charge in [-0.05, 0) is 52.7 Å². The molecule has 2 aliphatic heterocycles. The Morgan fingerprint density at radius 1 is 1.10 bits per heavy atom. The third-order valence-corrected chi connectivity index (χ3v) is 5.95. The summed E-state index contributed by atoms with van der Waals surface area (Å²) < 4.78 is 17.6. The molecule has 3 amide bonds. The molecule has 0 spiro atoms. The van der Waals surface area contributed by atoms with Gasteiger partial charge in [-0.25, -0.2) is 4.79 Å². The zero-order valence-electron chi connectivity index (χ0n) is 16.4.